The minimum atomic E-state index is 0.0161. The van der Waals surface area contributed by atoms with Crippen LogP contribution in [0.5, 0.6) is 0 Å². The second kappa shape index (κ2) is 5.57. The summed E-state index contributed by atoms with van der Waals surface area (Å²) in [5.41, 5.74) is 6.28. The molecule has 98 valence electrons. The van der Waals surface area contributed by atoms with Crippen LogP contribution in [0.2, 0.25) is 0 Å². The molecule has 0 radical (unpaired) electrons. The molecule has 0 unspecified atom stereocenters. The quantitative estimate of drug-likeness (QED) is 0.801. The first-order chi connectivity index (χ1) is 8.70. The molecule has 1 saturated heterocycles. The van der Waals surface area contributed by atoms with Gasteiger partial charge in [0.15, 0.2) is 0 Å². The highest BCUT2D eigenvalue weighted by Crippen LogP contribution is 2.14. The molecule has 2 rings (SSSR count). The predicted molar refractivity (Wildman–Crippen MR) is 71.5 cm³/mol. The van der Waals surface area contributed by atoms with Crippen LogP contribution < -0.4 is 16.0 Å². The minimum Gasteiger partial charge on any atom is -0.397 e. The van der Waals surface area contributed by atoms with Crippen LogP contribution >= 0.6 is 0 Å². The highest BCUT2D eigenvalue weighted by Gasteiger charge is 2.21. The minimum absolute atomic E-state index is 0.0161. The molecular weight excluding hydrogens is 230 g/mol. The molecule has 1 aliphatic rings. The Morgan fingerprint density at radius 3 is 2.67 bits per heavy atom. The van der Waals surface area contributed by atoms with Crippen molar-refractivity contribution in [2.24, 2.45) is 0 Å². The Kier molecular flexibility index (Phi) is 3.86. The van der Waals surface area contributed by atoms with E-state index in [0.717, 1.165) is 32.0 Å². The Morgan fingerprint density at radius 1 is 1.39 bits per heavy atom. The third-order valence-electron chi connectivity index (χ3n) is 2.99. The van der Waals surface area contributed by atoms with Gasteiger partial charge in [-0.25, -0.2) is 9.78 Å². The van der Waals surface area contributed by atoms with Crippen LogP contribution in [0.1, 0.15) is 6.92 Å². The highest BCUT2D eigenvalue weighted by atomic mass is 16.2. The second-order valence-electron chi connectivity index (χ2n) is 4.26. The zero-order chi connectivity index (χ0) is 13.0. The molecule has 1 fully saturated rings. The number of anilines is 2. The third-order valence-corrected chi connectivity index (χ3v) is 2.99. The van der Waals surface area contributed by atoms with E-state index >= 15 is 0 Å². The monoisotopic (exact) mass is 249 g/mol. The topological polar surface area (TPSA) is 74.5 Å². The average molecular weight is 249 g/mol. The largest absolute Gasteiger partial charge is 0.397 e. The number of pyridine rings is 1. The standard InChI is InChI=1S/C12H19N5O/c1-2-14-12(18)17-7-5-16(6-8-17)11-4-3-10(13)9-15-11/h3-4,9H,2,5-8,13H2,1H3,(H,14,18). The molecule has 6 heteroatoms. The van der Waals surface area contributed by atoms with Gasteiger partial charge in [-0.05, 0) is 19.1 Å². The SMILES string of the molecule is CCNC(=O)N1CCN(c2ccc(N)cn2)CC1. The lowest BCUT2D eigenvalue weighted by Gasteiger charge is -2.35. The normalized spacial score (nSPS) is 15.6. The molecule has 1 aliphatic heterocycles. The van der Waals surface area contributed by atoms with Crippen molar-refractivity contribution in [2.45, 2.75) is 6.92 Å². The Bertz CT molecular complexity index is 397. The summed E-state index contributed by atoms with van der Waals surface area (Å²) in [5.74, 6) is 0.916. The van der Waals surface area contributed by atoms with Gasteiger partial charge in [0.05, 0.1) is 11.9 Å². The molecule has 0 aromatic carbocycles. The van der Waals surface area contributed by atoms with E-state index in [2.05, 4.69) is 15.2 Å². The van der Waals surface area contributed by atoms with Crippen LogP contribution in [0.3, 0.4) is 0 Å². The fourth-order valence-corrected chi connectivity index (χ4v) is 1.99. The van der Waals surface area contributed by atoms with Crippen LogP contribution in [-0.2, 0) is 0 Å². The number of nitrogens with one attached hydrogen (secondary N) is 1. The lowest BCUT2D eigenvalue weighted by atomic mass is 10.3. The third kappa shape index (κ3) is 2.82. The number of rotatable bonds is 2. The van der Waals surface area contributed by atoms with Gasteiger partial charge in [0.2, 0.25) is 0 Å². The van der Waals surface area contributed by atoms with Gasteiger partial charge in [0.25, 0.3) is 0 Å². The summed E-state index contributed by atoms with van der Waals surface area (Å²) in [6.07, 6.45) is 1.66. The molecule has 1 aromatic rings. The number of nitrogens with two attached hydrogens (primary N) is 1. The Morgan fingerprint density at radius 2 is 2.11 bits per heavy atom. The molecule has 0 atom stereocenters. The molecule has 6 nitrogen and oxygen atoms in total. The fourth-order valence-electron chi connectivity index (χ4n) is 1.99. The number of urea groups is 1. The smallest absolute Gasteiger partial charge is 0.317 e. The second-order valence-corrected chi connectivity index (χ2v) is 4.26. The average Bonchev–Trinajstić information content (AvgIpc) is 2.40. The highest BCUT2D eigenvalue weighted by molar-refractivity contribution is 5.74. The Hall–Kier alpha value is -1.98. The number of nitrogen functional groups attached to an aromatic ring is 1. The van der Waals surface area contributed by atoms with Crippen molar-refractivity contribution in [2.75, 3.05) is 43.4 Å². The molecular formula is C12H19N5O. The first kappa shape index (κ1) is 12.5. The summed E-state index contributed by atoms with van der Waals surface area (Å²) < 4.78 is 0. The van der Waals surface area contributed by atoms with Gasteiger partial charge in [0.1, 0.15) is 5.82 Å². The van der Waals surface area contributed by atoms with Gasteiger partial charge in [-0.2, -0.15) is 0 Å². The maximum atomic E-state index is 11.7. The number of piperazine rings is 1. The zero-order valence-electron chi connectivity index (χ0n) is 10.6. The van der Waals surface area contributed by atoms with Crippen molar-refractivity contribution in [3.05, 3.63) is 18.3 Å². The van der Waals surface area contributed by atoms with E-state index in [1.807, 2.05) is 24.0 Å². The molecule has 0 spiro atoms. The van der Waals surface area contributed by atoms with E-state index in [1.54, 1.807) is 6.20 Å². The van der Waals surface area contributed by atoms with Gasteiger partial charge in [-0.15, -0.1) is 0 Å². The summed E-state index contributed by atoms with van der Waals surface area (Å²) in [6.45, 7) is 5.63. The van der Waals surface area contributed by atoms with Crippen molar-refractivity contribution in [1.82, 2.24) is 15.2 Å². The number of hydrogen-bond donors (Lipinski definition) is 2. The summed E-state index contributed by atoms with van der Waals surface area (Å²) in [4.78, 5) is 19.9. The zero-order valence-corrected chi connectivity index (χ0v) is 10.6. The van der Waals surface area contributed by atoms with Crippen LogP contribution in [0.15, 0.2) is 18.3 Å². The Balaban J connectivity index is 1.90. The van der Waals surface area contributed by atoms with Crippen LogP contribution in [0.25, 0.3) is 0 Å². The molecule has 18 heavy (non-hydrogen) atoms. The van der Waals surface area contributed by atoms with E-state index in [1.165, 1.54) is 0 Å². The van der Waals surface area contributed by atoms with E-state index in [0.29, 0.717) is 12.2 Å². The van der Waals surface area contributed by atoms with Crippen LogP contribution in [0, 0.1) is 0 Å². The van der Waals surface area contributed by atoms with Crippen LogP contribution in [0.4, 0.5) is 16.3 Å². The lowest BCUT2D eigenvalue weighted by molar-refractivity contribution is 0.195. The Labute approximate surface area is 107 Å². The molecule has 0 aliphatic carbocycles. The number of carbonyl (C=O) groups is 1. The fraction of sp³-hybridized carbons (Fsp3) is 0.500. The molecule has 0 saturated carbocycles. The number of aromatic nitrogens is 1. The summed E-state index contributed by atoms with van der Waals surface area (Å²) in [6, 6.07) is 3.78. The van der Waals surface area contributed by atoms with E-state index in [-0.39, 0.29) is 6.03 Å². The van der Waals surface area contributed by atoms with Gasteiger partial charge in [-0.1, -0.05) is 0 Å². The van der Waals surface area contributed by atoms with Crippen molar-refractivity contribution in [3.8, 4) is 0 Å². The van der Waals surface area contributed by atoms with Gasteiger partial charge in [-0.3, -0.25) is 0 Å². The first-order valence-corrected chi connectivity index (χ1v) is 6.20. The first-order valence-electron chi connectivity index (χ1n) is 6.20. The number of nitrogens with zero attached hydrogens (tertiary/aromatic N) is 3. The van der Waals surface area contributed by atoms with Gasteiger partial charge >= 0.3 is 6.03 Å². The van der Waals surface area contributed by atoms with Crippen LogP contribution in [-0.4, -0.2) is 48.6 Å². The number of amides is 2. The number of carbonyl (C=O) groups excluding carboxylic acids is 1. The van der Waals surface area contributed by atoms with Crippen molar-refractivity contribution >= 4 is 17.5 Å². The summed E-state index contributed by atoms with van der Waals surface area (Å²) >= 11 is 0. The maximum Gasteiger partial charge on any atom is 0.317 e. The molecule has 1 aromatic heterocycles. The van der Waals surface area contributed by atoms with Crippen molar-refractivity contribution < 1.29 is 4.79 Å². The summed E-state index contributed by atoms with van der Waals surface area (Å²) in [5, 5.41) is 2.81. The van der Waals surface area contributed by atoms with E-state index < -0.39 is 0 Å². The van der Waals surface area contributed by atoms with Crippen molar-refractivity contribution in [1.29, 1.82) is 0 Å². The molecule has 0 bridgehead atoms. The van der Waals surface area contributed by atoms with E-state index in [4.69, 9.17) is 5.73 Å². The lowest BCUT2D eigenvalue weighted by Crippen LogP contribution is -2.52. The van der Waals surface area contributed by atoms with E-state index in [9.17, 15) is 4.79 Å². The van der Waals surface area contributed by atoms with Gasteiger partial charge < -0.3 is 20.9 Å². The van der Waals surface area contributed by atoms with Gasteiger partial charge in [0, 0.05) is 32.7 Å². The predicted octanol–water partition coefficient (Wildman–Crippen LogP) is 0.515. The number of hydrogen-bond acceptors (Lipinski definition) is 4. The molecule has 3 N–H and O–H groups in total. The molecule has 2 amide bonds. The summed E-state index contributed by atoms with van der Waals surface area (Å²) in [7, 11) is 0. The molecule has 2 heterocycles. The maximum absolute atomic E-state index is 11.7. The van der Waals surface area contributed by atoms with Crippen molar-refractivity contribution in [3.63, 3.8) is 0 Å².